The minimum Gasteiger partial charge on any atom is -0.497 e. The summed E-state index contributed by atoms with van der Waals surface area (Å²) in [7, 11) is 1.50. The largest absolute Gasteiger partial charge is 0.497 e. The molecule has 1 aromatic rings. The van der Waals surface area contributed by atoms with Crippen molar-refractivity contribution in [3.63, 3.8) is 0 Å². The monoisotopic (exact) mass is 373 g/mol. The number of methoxy groups -OCH3 is 1. The summed E-state index contributed by atoms with van der Waals surface area (Å²) in [6.45, 7) is 3.91. The Labute approximate surface area is 153 Å². The van der Waals surface area contributed by atoms with Crippen molar-refractivity contribution in [2.75, 3.05) is 20.2 Å². The molecule has 0 saturated carbocycles. The van der Waals surface area contributed by atoms with Crippen molar-refractivity contribution >= 4 is 5.96 Å². The Morgan fingerprint density at radius 1 is 1.23 bits per heavy atom. The lowest BCUT2D eigenvalue weighted by Gasteiger charge is -2.26. The third kappa shape index (κ3) is 7.03. The van der Waals surface area contributed by atoms with Crippen LogP contribution in [0.5, 0.6) is 11.5 Å². The van der Waals surface area contributed by atoms with E-state index in [4.69, 9.17) is 4.74 Å². The SMILES string of the molecule is CCNC(=NCc1cc(OC)ccc1OC(F)F)NCC(O)(CC)CC. The predicted octanol–water partition coefficient (Wildman–Crippen LogP) is 2.90. The molecule has 0 bridgehead atoms. The highest BCUT2D eigenvalue weighted by molar-refractivity contribution is 5.79. The molecular weight excluding hydrogens is 344 g/mol. The minimum atomic E-state index is -2.92. The molecule has 0 atom stereocenters. The fraction of sp³-hybridized carbons (Fsp3) is 0.611. The van der Waals surface area contributed by atoms with Gasteiger partial charge in [-0.15, -0.1) is 0 Å². The first-order valence-corrected chi connectivity index (χ1v) is 8.73. The maximum Gasteiger partial charge on any atom is 0.387 e. The fourth-order valence-corrected chi connectivity index (χ4v) is 2.27. The van der Waals surface area contributed by atoms with Crippen molar-refractivity contribution in [2.45, 2.75) is 52.4 Å². The summed E-state index contributed by atoms with van der Waals surface area (Å²) in [4.78, 5) is 4.40. The van der Waals surface area contributed by atoms with Crippen LogP contribution < -0.4 is 20.1 Å². The molecule has 0 spiro atoms. The number of alkyl halides is 2. The van der Waals surface area contributed by atoms with E-state index in [9.17, 15) is 13.9 Å². The highest BCUT2D eigenvalue weighted by Crippen LogP contribution is 2.26. The third-order valence-electron chi connectivity index (χ3n) is 4.14. The number of aliphatic imine (C=N–C) groups is 1. The summed E-state index contributed by atoms with van der Waals surface area (Å²) in [5.74, 6) is 1.07. The number of hydrogen-bond donors (Lipinski definition) is 3. The predicted molar refractivity (Wildman–Crippen MR) is 98.0 cm³/mol. The van der Waals surface area contributed by atoms with Gasteiger partial charge in [-0.3, -0.25) is 0 Å². The highest BCUT2D eigenvalue weighted by Gasteiger charge is 2.22. The van der Waals surface area contributed by atoms with Crippen molar-refractivity contribution < 1.29 is 23.4 Å². The number of ether oxygens (including phenoxy) is 2. The van der Waals surface area contributed by atoms with Crippen LogP contribution in [0.3, 0.4) is 0 Å². The van der Waals surface area contributed by atoms with Gasteiger partial charge in [0.2, 0.25) is 0 Å². The molecule has 0 saturated heterocycles. The average molecular weight is 373 g/mol. The van der Waals surface area contributed by atoms with E-state index in [1.54, 1.807) is 12.1 Å². The number of nitrogens with one attached hydrogen (secondary N) is 2. The van der Waals surface area contributed by atoms with E-state index in [1.165, 1.54) is 13.2 Å². The zero-order chi connectivity index (χ0) is 19.6. The standard InChI is InChI=1S/C18H29F2N3O3/c1-5-18(24,6-2)12-23-17(21-7-3)22-11-13-10-14(25-4)8-9-15(13)26-16(19)20/h8-10,16,24H,5-7,11-12H2,1-4H3,(H2,21,22,23). The van der Waals surface area contributed by atoms with Gasteiger partial charge in [-0.05, 0) is 38.0 Å². The molecule has 8 heteroatoms. The number of rotatable bonds is 10. The van der Waals surface area contributed by atoms with Gasteiger partial charge in [-0.25, -0.2) is 4.99 Å². The second-order valence-corrected chi connectivity index (χ2v) is 5.83. The van der Waals surface area contributed by atoms with Crippen LogP contribution in [0.4, 0.5) is 8.78 Å². The first-order chi connectivity index (χ1) is 12.4. The molecule has 0 radical (unpaired) electrons. The molecule has 148 valence electrons. The molecule has 26 heavy (non-hydrogen) atoms. The van der Waals surface area contributed by atoms with E-state index < -0.39 is 12.2 Å². The first kappa shape index (κ1) is 22.0. The highest BCUT2D eigenvalue weighted by atomic mass is 19.3. The van der Waals surface area contributed by atoms with Crippen molar-refractivity contribution in [2.24, 2.45) is 4.99 Å². The van der Waals surface area contributed by atoms with Gasteiger partial charge in [-0.2, -0.15) is 8.78 Å². The van der Waals surface area contributed by atoms with Gasteiger partial charge in [0.05, 0.1) is 19.3 Å². The van der Waals surface area contributed by atoms with Crippen LogP contribution in [0.15, 0.2) is 23.2 Å². The summed E-state index contributed by atoms with van der Waals surface area (Å²) in [6.07, 6.45) is 1.22. The lowest BCUT2D eigenvalue weighted by Crippen LogP contribution is -2.46. The molecule has 0 heterocycles. The normalized spacial score (nSPS) is 12.2. The van der Waals surface area contributed by atoms with Crippen LogP contribution in [0, 0.1) is 0 Å². The van der Waals surface area contributed by atoms with E-state index >= 15 is 0 Å². The molecule has 6 nitrogen and oxygen atoms in total. The van der Waals surface area contributed by atoms with Crippen LogP contribution in [-0.2, 0) is 6.54 Å². The molecule has 0 aliphatic carbocycles. The molecule has 0 fully saturated rings. The van der Waals surface area contributed by atoms with Crippen LogP contribution in [0.2, 0.25) is 0 Å². The quantitative estimate of drug-likeness (QED) is 0.434. The Hall–Kier alpha value is -2.09. The van der Waals surface area contributed by atoms with E-state index in [2.05, 4.69) is 20.4 Å². The summed E-state index contributed by atoms with van der Waals surface area (Å²) in [5.41, 5.74) is -0.348. The smallest absolute Gasteiger partial charge is 0.387 e. The fourth-order valence-electron chi connectivity index (χ4n) is 2.27. The number of benzene rings is 1. The second kappa shape index (κ2) is 10.8. The van der Waals surface area contributed by atoms with E-state index in [0.29, 0.717) is 43.2 Å². The van der Waals surface area contributed by atoms with Crippen LogP contribution >= 0.6 is 0 Å². The van der Waals surface area contributed by atoms with Crippen molar-refractivity contribution in [1.29, 1.82) is 0 Å². The molecular formula is C18H29F2N3O3. The van der Waals surface area contributed by atoms with E-state index in [0.717, 1.165) is 0 Å². The molecule has 0 unspecified atom stereocenters. The molecule has 0 aromatic heterocycles. The second-order valence-electron chi connectivity index (χ2n) is 5.83. The van der Waals surface area contributed by atoms with Crippen molar-refractivity contribution in [3.05, 3.63) is 23.8 Å². The zero-order valence-electron chi connectivity index (χ0n) is 15.8. The minimum absolute atomic E-state index is 0.0546. The van der Waals surface area contributed by atoms with Crippen LogP contribution in [0.1, 0.15) is 39.2 Å². The zero-order valence-corrected chi connectivity index (χ0v) is 15.8. The summed E-state index contributed by atoms with van der Waals surface area (Å²) < 4.78 is 34.9. The summed E-state index contributed by atoms with van der Waals surface area (Å²) in [5, 5.41) is 16.5. The lowest BCUT2D eigenvalue weighted by atomic mass is 9.98. The van der Waals surface area contributed by atoms with Gasteiger partial charge in [0, 0.05) is 18.7 Å². The number of halogens is 2. The molecule has 0 aliphatic heterocycles. The molecule has 0 amide bonds. The van der Waals surface area contributed by atoms with Crippen LogP contribution in [0.25, 0.3) is 0 Å². The number of guanidine groups is 1. The van der Waals surface area contributed by atoms with Crippen molar-refractivity contribution in [3.8, 4) is 11.5 Å². The summed E-state index contributed by atoms with van der Waals surface area (Å²) >= 11 is 0. The lowest BCUT2D eigenvalue weighted by molar-refractivity contribution is -0.0504. The van der Waals surface area contributed by atoms with Gasteiger partial charge in [0.25, 0.3) is 0 Å². The van der Waals surface area contributed by atoms with E-state index in [-0.39, 0.29) is 12.3 Å². The molecule has 1 rings (SSSR count). The number of aliphatic hydroxyl groups is 1. The van der Waals surface area contributed by atoms with Crippen molar-refractivity contribution in [1.82, 2.24) is 10.6 Å². The van der Waals surface area contributed by atoms with Gasteiger partial charge in [0.1, 0.15) is 11.5 Å². The van der Waals surface area contributed by atoms with Crippen LogP contribution in [-0.4, -0.2) is 43.5 Å². The van der Waals surface area contributed by atoms with Gasteiger partial charge >= 0.3 is 6.61 Å². The molecule has 0 aliphatic rings. The van der Waals surface area contributed by atoms with Gasteiger partial charge in [-0.1, -0.05) is 13.8 Å². The Balaban J connectivity index is 2.94. The topological polar surface area (TPSA) is 75.1 Å². The maximum absolute atomic E-state index is 12.6. The first-order valence-electron chi connectivity index (χ1n) is 8.73. The average Bonchev–Trinajstić information content (AvgIpc) is 2.64. The summed E-state index contributed by atoms with van der Waals surface area (Å²) in [6, 6.07) is 4.60. The van der Waals surface area contributed by atoms with E-state index in [1.807, 2.05) is 20.8 Å². The Kier molecular flexibility index (Phi) is 9.12. The Morgan fingerprint density at radius 3 is 2.46 bits per heavy atom. The molecule has 1 aromatic carbocycles. The molecule has 3 N–H and O–H groups in total. The maximum atomic E-state index is 12.6. The van der Waals surface area contributed by atoms with Gasteiger partial charge in [0.15, 0.2) is 5.96 Å². The third-order valence-corrected chi connectivity index (χ3v) is 4.14. The van der Waals surface area contributed by atoms with Gasteiger partial charge < -0.3 is 25.2 Å². The Bertz CT molecular complexity index is 579. The Morgan fingerprint density at radius 2 is 1.92 bits per heavy atom. The number of nitrogens with zero attached hydrogens (tertiary/aromatic N) is 1. The number of hydrogen-bond acceptors (Lipinski definition) is 4.